The van der Waals surface area contributed by atoms with Crippen LogP contribution in [0, 0.1) is 0 Å². The second-order valence-electron chi connectivity index (χ2n) is 9.40. The SMILES string of the molecule is COc1ccc(C(=O)CCC(=O)N2CCC(c3nc(C(=O)N4COCC4(C)C)cs3)CC2)cc1. The van der Waals surface area contributed by atoms with Gasteiger partial charge in [0.15, 0.2) is 5.78 Å². The van der Waals surface area contributed by atoms with E-state index in [1.54, 1.807) is 36.3 Å². The molecule has 0 N–H and O–H groups in total. The summed E-state index contributed by atoms with van der Waals surface area (Å²) < 4.78 is 10.6. The fraction of sp³-hybridized carbons (Fsp3) is 0.520. The molecule has 8 nitrogen and oxygen atoms in total. The van der Waals surface area contributed by atoms with Gasteiger partial charge in [-0.25, -0.2) is 4.98 Å². The molecular weight excluding hydrogens is 454 g/mol. The highest BCUT2D eigenvalue weighted by molar-refractivity contribution is 7.09. The van der Waals surface area contributed by atoms with Crippen LogP contribution in [-0.2, 0) is 9.53 Å². The van der Waals surface area contributed by atoms with Crippen LogP contribution in [0.3, 0.4) is 0 Å². The largest absolute Gasteiger partial charge is 0.497 e. The van der Waals surface area contributed by atoms with Crippen molar-refractivity contribution in [2.45, 2.75) is 51.0 Å². The van der Waals surface area contributed by atoms with Crippen molar-refractivity contribution >= 4 is 28.9 Å². The summed E-state index contributed by atoms with van der Waals surface area (Å²) in [5.74, 6) is 0.795. The Bertz CT molecular complexity index is 1040. The highest BCUT2D eigenvalue weighted by Gasteiger charge is 2.38. The molecule has 2 saturated heterocycles. The van der Waals surface area contributed by atoms with Crippen molar-refractivity contribution in [2.24, 2.45) is 0 Å². The number of methoxy groups -OCH3 is 1. The molecule has 0 unspecified atom stereocenters. The standard InChI is InChI=1S/C25H31N3O5S/c1-25(2)15-33-16-28(25)24(31)20-14-34-23(26-20)18-10-12-27(13-11-18)22(30)9-8-21(29)17-4-6-19(32-3)7-5-17/h4-7,14,18H,8-13,15-16H2,1-3H3. The number of amides is 2. The number of Topliss-reactive ketones (excluding diaryl/α,β-unsaturated/α-hetero) is 1. The number of ketones is 1. The lowest BCUT2D eigenvalue weighted by atomic mass is 9.97. The molecule has 0 aliphatic carbocycles. The molecule has 2 aliphatic heterocycles. The Labute approximate surface area is 203 Å². The number of hydrogen-bond acceptors (Lipinski definition) is 7. The number of rotatable bonds is 7. The van der Waals surface area contributed by atoms with Gasteiger partial charge in [-0.3, -0.25) is 14.4 Å². The maximum atomic E-state index is 12.9. The summed E-state index contributed by atoms with van der Waals surface area (Å²) >= 11 is 1.51. The summed E-state index contributed by atoms with van der Waals surface area (Å²) in [6.45, 7) is 6.06. The van der Waals surface area contributed by atoms with Gasteiger partial charge in [0.25, 0.3) is 5.91 Å². The Morgan fingerprint density at radius 2 is 1.85 bits per heavy atom. The number of nitrogens with zero attached hydrogens (tertiary/aromatic N) is 3. The van der Waals surface area contributed by atoms with Gasteiger partial charge in [-0.15, -0.1) is 11.3 Å². The number of aromatic nitrogens is 1. The first-order valence-corrected chi connectivity index (χ1v) is 12.5. The van der Waals surface area contributed by atoms with Gasteiger partial charge in [0.1, 0.15) is 18.2 Å². The maximum Gasteiger partial charge on any atom is 0.275 e. The average Bonchev–Trinajstić information content (AvgIpc) is 3.48. The van der Waals surface area contributed by atoms with E-state index < -0.39 is 0 Å². The third-order valence-corrected chi connectivity index (χ3v) is 7.57. The van der Waals surface area contributed by atoms with Crippen molar-refractivity contribution in [3.63, 3.8) is 0 Å². The summed E-state index contributed by atoms with van der Waals surface area (Å²) in [6, 6.07) is 6.94. The minimum absolute atomic E-state index is 0.00609. The monoisotopic (exact) mass is 485 g/mol. The van der Waals surface area contributed by atoms with Crippen LogP contribution in [-0.4, -0.2) is 71.5 Å². The van der Waals surface area contributed by atoms with E-state index in [1.165, 1.54) is 11.3 Å². The van der Waals surface area contributed by atoms with Crippen molar-refractivity contribution in [1.82, 2.24) is 14.8 Å². The third kappa shape index (κ3) is 5.31. The number of hydrogen-bond donors (Lipinski definition) is 0. The Hall–Kier alpha value is -2.78. The van der Waals surface area contributed by atoms with Crippen molar-refractivity contribution < 1.29 is 23.9 Å². The molecule has 9 heteroatoms. The molecule has 1 aromatic carbocycles. The Morgan fingerprint density at radius 3 is 2.47 bits per heavy atom. The minimum atomic E-state index is -0.332. The third-order valence-electron chi connectivity index (χ3n) is 6.57. The van der Waals surface area contributed by atoms with E-state index in [-0.39, 0.29) is 41.9 Å². The fourth-order valence-corrected chi connectivity index (χ4v) is 5.33. The molecule has 0 saturated carbocycles. The molecular formula is C25H31N3O5S. The van der Waals surface area contributed by atoms with Gasteiger partial charge < -0.3 is 19.3 Å². The Morgan fingerprint density at radius 1 is 1.15 bits per heavy atom. The number of carbonyl (C=O) groups is 3. The number of carbonyl (C=O) groups excluding carboxylic acids is 3. The first-order chi connectivity index (χ1) is 16.3. The number of ether oxygens (including phenoxy) is 2. The minimum Gasteiger partial charge on any atom is -0.497 e. The molecule has 2 aromatic rings. The molecule has 1 aromatic heterocycles. The molecule has 182 valence electrons. The molecule has 0 atom stereocenters. The van der Waals surface area contributed by atoms with Crippen molar-refractivity contribution in [3.05, 3.63) is 45.9 Å². The Kier molecular flexibility index (Phi) is 7.33. The zero-order valence-electron chi connectivity index (χ0n) is 19.9. The maximum absolute atomic E-state index is 12.9. The Balaban J connectivity index is 1.26. The van der Waals surface area contributed by atoms with Crippen LogP contribution < -0.4 is 4.74 Å². The summed E-state index contributed by atoms with van der Waals surface area (Å²) in [4.78, 5) is 46.1. The fourth-order valence-electron chi connectivity index (χ4n) is 4.36. The summed E-state index contributed by atoms with van der Waals surface area (Å²) in [5, 5.41) is 2.78. The second kappa shape index (κ2) is 10.2. The quantitative estimate of drug-likeness (QED) is 0.555. The van der Waals surface area contributed by atoms with Crippen LogP contribution in [0.5, 0.6) is 5.75 Å². The summed E-state index contributed by atoms with van der Waals surface area (Å²) in [6.07, 6.45) is 2.01. The van der Waals surface area contributed by atoms with E-state index in [4.69, 9.17) is 9.47 Å². The molecule has 2 amide bonds. The van der Waals surface area contributed by atoms with Crippen molar-refractivity contribution in [1.29, 1.82) is 0 Å². The van der Waals surface area contributed by atoms with Gasteiger partial charge in [0, 0.05) is 42.8 Å². The molecule has 3 heterocycles. The predicted molar refractivity (Wildman–Crippen MR) is 128 cm³/mol. The van der Waals surface area contributed by atoms with Crippen LogP contribution >= 0.6 is 11.3 Å². The van der Waals surface area contributed by atoms with E-state index in [9.17, 15) is 14.4 Å². The topological polar surface area (TPSA) is 89.0 Å². The number of piperidine rings is 1. The smallest absolute Gasteiger partial charge is 0.275 e. The zero-order valence-corrected chi connectivity index (χ0v) is 20.7. The first kappa shape index (κ1) is 24.3. The van der Waals surface area contributed by atoms with Gasteiger partial charge in [-0.2, -0.15) is 0 Å². The molecule has 4 rings (SSSR count). The molecule has 0 bridgehead atoms. The van der Waals surface area contributed by atoms with Crippen molar-refractivity contribution in [2.75, 3.05) is 33.5 Å². The molecule has 2 fully saturated rings. The van der Waals surface area contributed by atoms with E-state index in [0.717, 1.165) is 17.8 Å². The van der Waals surface area contributed by atoms with Gasteiger partial charge in [0.2, 0.25) is 5.91 Å². The first-order valence-electron chi connectivity index (χ1n) is 11.6. The van der Waals surface area contributed by atoms with E-state index in [2.05, 4.69) is 4.98 Å². The lowest BCUT2D eigenvalue weighted by Gasteiger charge is -2.31. The molecule has 34 heavy (non-hydrogen) atoms. The van der Waals surface area contributed by atoms with Crippen LogP contribution in [0.15, 0.2) is 29.6 Å². The van der Waals surface area contributed by atoms with Crippen LogP contribution in [0.25, 0.3) is 0 Å². The highest BCUT2D eigenvalue weighted by atomic mass is 32.1. The number of likely N-dealkylation sites (tertiary alicyclic amines) is 1. The van der Waals surface area contributed by atoms with Gasteiger partial charge in [-0.05, 0) is 51.0 Å². The van der Waals surface area contributed by atoms with E-state index in [0.29, 0.717) is 43.4 Å². The second-order valence-corrected chi connectivity index (χ2v) is 10.3. The summed E-state index contributed by atoms with van der Waals surface area (Å²) in [7, 11) is 1.58. The van der Waals surface area contributed by atoms with Gasteiger partial charge >= 0.3 is 0 Å². The van der Waals surface area contributed by atoms with E-state index in [1.807, 2.05) is 24.1 Å². The zero-order chi connectivity index (χ0) is 24.3. The number of benzene rings is 1. The molecule has 0 radical (unpaired) electrons. The highest BCUT2D eigenvalue weighted by Crippen LogP contribution is 2.32. The lowest BCUT2D eigenvalue weighted by Crippen LogP contribution is -2.44. The van der Waals surface area contributed by atoms with Crippen LogP contribution in [0.4, 0.5) is 0 Å². The lowest BCUT2D eigenvalue weighted by molar-refractivity contribution is -0.132. The van der Waals surface area contributed by atoms with Gasteiger partial charge in [0.05, 0.1) is 24.3 Å². The predicted octanol–water partition coefficient (Wildman–Crippen LogP) is 3.73. The number of thiazole rings is 1. The van der Waals surface area contributed by atoms with Gasteiger partial charge in [-0.1, -0.05) is 0 Å². The summed E-state index contributed by atoms with van der Waals surface area (Å²) in [5.41, 5.74) is 0.723. The average molecular weight is 486 g/mol. The molecule has 2 aliphatic rings. The van der Waals surface area contributed by atoms with Crippen LogP contribution in [0.1, 0.15) is 71.3 Å². The van der Waals surface area contributed by atoms with Crippen LogP contribution in [0.2, 0.25) is 0 Å². The van der Waals surface area contributed by atoms with Crippen molar-refractivity contribution in [3.8, 4) is 5.75 Å². The normalized spacial score (nSPS) is 18.2. The van der Waals surface area contributed by atoms with E-state index >= 15 is 0 Å². The molecule has 0 spiro atoms.